The fourth-order valence-corrected chi connectivity index (χ4v) is 4.25. The summed E-state index contributed by atoms with van der Waals surface area (Å²) in [6, 6.07) is 7.74. The third-order valence-electron chi connectivity index (χ3n) is 4.40. The molecule has 0 aliphatic rings. The fourth-order valence-electron chi connectivity index (χ4n) is 3.13. The minimum absolute atomic E-state index is 0.146. The molecule has 0 saturated heterocycles. The normalized spacial score (nSPS) is 11.3. The third-order valence-corrected chi connectivity index (χ3v) is 5.62. The molecule has 2 aromatic heterocycles. The molecular weight excluding hydrogens is 364 g/mol. The van der Waals surface area contributed by atoms with Crippen LogP contribution in [0.5, 0.6) is 5.75 Å². The number of ether oxygens (including phenoxy) is 2. The predicted molar refractivity (Wildman–Crippen MR) is 109 cm³/mol. The Kier molecular flexibility index (Phi) is 6.13. The smallest absolute Gasteiger partial charge is 0.263 e. The van der Waals surface area contributed by atoms with Crippen molar-refractivity contribution in [2.45, 2.75) is 33.2 Å². The van der Waals surface area contributed by atoms with Gasteiger partial charge in [-0.2, -0.15) is 0 Å². The predicted octanol–water partition coefficient (Wildman–Crippen LogP) is 3.53. The lowest BCUT2D eigenvalue weighted by molar-refractivity contribution is 0.0985. The number of aromatic nitrogens is 1. The van der Waals surface area contributed by atoms with E-state index in [2.05, 4.69) is 6.92 Å². The Morgan fingerprint density at radius 1 is 1.22 bits per heavy atom. The minimum Gasteiger partial charge on any atom is -0.489 e. The number of carbonyl (C=O) groups excluding carboxylic acids is 1. The zero-order chi connectivity index (χ0) is 19.4. The number of carbonyl (C=O) groups is 1. The summed E-state index contributed by atoms with van der Waals surface area (Å²) in [5, 5.41) is 1.36. The maximum absolute atomic E-state index is 13.3. The van der Waals surface area contributed by atoms with Gasteiger partial charge < -0.3 is 19.8 Å². The van der Waals surface area contributed by atoms with Crippen LogP contribution in [0.2, 0.25) is 0 Å². The lowest BCUT2D eigenvalue weighted by atomic mass is 10.1. The van der Waals surface area contributed by atoms with E-state index in [1.165, 1.54) is 11.3 Å². The highest BCUT2D eigenvalue weighted by molar-refractivity contribution is 7.22. The molecule has 2 heterocycles. The summed E-state index contributed by atoms with van der Waals surface area (Å²) in [5.74, 6) is -0.311. The Morgan fingerprint density at radius 3 is 2.70 bits per heavy atom. The zero-order valence-electron chi connectivity index (χ0n) is 15.6. The summed E-state index contributed by atoms with van der Waals surface area (Å²) in [6.07, 6.45) is 1.87. The second kappa shape index (κ2) is 8.54. The number of benzene rings is 1. The Labute approximate surface area is 161 Å². The summed E-state index contributed by atoms with van der Waals surface area (Å²) in [6.45, 7) is 5.80. The van der Waals surface area contributed by atoms with Crippen molar-refractivity contribution in [3.63, 3.8) is 0 Å². The SMILES string of the molecule is CCCCn1c(=O)c2c(OCCOCC)c(C(N)=O)sc2c2ccccc21. The van der Waals surface area contributed by atoms with Gasteiger partial charge in [0.2, 0.25) is 0 Å². The molecule has 0 unspecified atom stereocenters. The topological polar surface area (TPSA) is 83.6 Å². The van der Waals surface area contributed by atoms with Crippen molar-refractivity contribution in [3.05, 3.63) is 39.5 Å². The molecule has 0 saturated carbocycles. The van der Waals surface area contributed by atoms with Crippen molar-refractivity contribution >= 4 is 38.2 Å². The third kappa shape index (κ3) is 3.70. The van der Waals surface area contributed by atoms with Crippen molar-refractivity contribution in [2.24, 2.45) is 5.73 Å². The number of fused-ring (bicyclic) bond motifs is 3. The molecule has 0 bridgehead atoms. The largest absolute Gasteiger partial charge is 0.489 e. The molecule has 0 aliphatic carbocycles. The van der Waals surface area contributed by atoms with E-state index < -0.39 is 5.91 Å². The molecule has 3 aromatic rings. The van der Waals surface area contributed by atoms with E-state index in [-0.39, 0.29) is 22.8 Å². The Bertz CT molecular complexity index is 1020. The van der Waals surface area contributed by atoms with E-state index in [1.54, 1.807) is 4.57 Å². The molecule has 6 nitrogen and oxygen atoms in total. The number of hydrogen-bond acceptors (Lipinski definition) is 5. The second-order valence-electron chi connectivity index (χ2n) is 6.20. The van der Waals surface area contributed by atoms with Gasteiger partial charge in [-0.05, 0) is 19.4 Å². The molecule has 144 valence electrons. The van der Waals surface area contributed by atoms with E-state index in [1.807, 2.05) is 31.2 Å². The first-order valence-electron chi connectivity index (χ1n) is 9.18. The van der Waals surface area contributed by atoms with Gasteiger partial charge in [-0.15, -0.1) is 11.3 Å². The summed E-state index contributed by atoms with van der Waals surface area (Å²) in [4.78, 5) is 25.6. The Morgan fingerprint density at radius 2 is 2.00 bits per heavy atom. The molecule has 7 heteroatoms. The van der Waals surface area contributed by atoms with Crippen LogP contribution in [0.25, 0.3) is 21.0 Å². The van der Waals surface area contributed by atoms with E-state index in [4.69, 9.17) is 15.2 Å². The van der Waals surface area contributed by atoms with Crippen LogP contribution in [0.1, 0.15) is 36.4 Å². The standard InChI is InChI=1S/C20H24N2O4S/c1-3-5-10-22-14-9-7-6-8-13(14)17-15(20(22)24)16(18(27-17)19(21)23)26-12-11-25-4-2/h6-9H,3-5,10-12H2,1-2H3,(H2,21,23). The van der Waals surface area contributed by atoms with E-state index in [9.17, 15) is 9.59 Å². The first-order chi connectivity index (χ1) is 13.1. The molecular formula is C20H24N2O4S. The van der Waals surface area contributed by atoms with Gasteiger partial charge in [0.15, 0.2) is 5.75 Å². The zero-order valence-corrected chi connectivity index (χ0v) is 16.4. The maximum atomic E-state index is 13.3. The Balaban J connectivity index is 2.26. The molecule has 0 fully saturated rings. The highest BCUT2D eigenvalue weighted by atomic mass is 32.1. The van der Waals surface area contributed by atoms with Gasteiger partial charge in [-0.3, -0.25) is 9.59 Å². The molecule has 0 aliphatic heterocycles. The number of hydrogen-bond donors (Lipinski definition) is 1. The number of nitrogens with two attached hydrogens (primary N) is 1. The van der Waals surface area contributed by atoms with Crippen molar-refractivity contribution < 1.29 is 14.3 Å². The number of thiophene rings is 1. The average molecular weight is 388 g/mol. The number of nitrogens with zero attached hydrogens (tertiary/aromatic N) is 1. The van der Waals surface area contributed by atoms with Crippen LogP contribution >= 0.6 is 11.3 Å². The number of para-hydroxylation sites is 1. The van der Waals surface area contributed by atoms with Crippen LogP contribution in [0.3, 0.4) is 0 Å². The van der Waals surface area contributed by atoms with Gasteiger partial charge in [-0.1, -0.05) is 31.5 Å². The van der Waals surface area contributed by atoms with Crippen molar-refractivity contribution in [1.29, 1.82) is 0 Å². The van der Waals surface area contributed by atoms with E-state index in [0.717, 1.165) is 28.4 Å². The fraction of sp³-hybridized carbons (Fsp3) is 0.400. The van der Waals surface area contributed by atoms with Crippen molar-refractivity contribution in [3.8, 4) is 5.75 Å². The van der Waals surface area contributed by atoms with Gasteiger partial charge >= 0.3 is 0 Å². The monoisotopic (exact) mass is 388 g/mol. The van der Waals surface area contributed by atoms with Gasteiger partial charge in [0.05, 0.1) is 16.8 Å². The number of rotatable bonds is 9. The molecule has 3 rings (SSSR count). The highest BCUT2D eigenvalue weighted by Gasteiger charge is 2.24. The molecule has 0 radical (unpaired) electrons. The minimum atomic E-state index is -0.591. The molecule has 0 atom stereocenters. The van der Waals surface area contributed by atoms with Crippen LogP contribution < -0.4 is 16.0 Å². The molecule has 1 amide bonds. The molecule has 2 N–H and O–H groups in total. The van der Waals surface area contributed by atoms with Crippen LogP contribution in [0.4, 0.5) is 0 Å². The second-order valence-corrected chi connectivity index (χ2v) is 7.22. The number of primary amides is 1. The van der Waals surface area contributed by atoms with E-state index in [0.29, 0.717) is 25.1 Å². The Hall–Kier alpha value is -2.38. The number of aryl methyl sites for hydroxylation is 1. The van der Waals surface area contributed by atoms with Crippen LogP contribution in [0, 0.1) is 0 Å². The highest BCUT2D eigenvalue weighted by Crippen LogP contribution is 2.39. The summed E-state index contributed by atoms with van der Waals surface area (Å²) >= 11 is 1.22. The van der Waals surface area contributed by atoms with Gasteiger partial charge in [0.1, 0.15) is 16.9 Å². The number of pyridine rings is 1. The van der Waals surface area contributed by atoms with Crippen molar-refractivity contribution in [1.82, 2.24) is 4.57 Å². The van der Waals surface area contributed by atoms with Gasteiger partial charge in [-0.25, -0.2) is 0 Å². The number of unbranched alkanes of at least 4 members (excludes halogenated alkanes) is 1. The maximum Gasteiger partial charge on any atom is 0.263 e. The van der Waals surface area contributed by atoms with Gasteiger partial charge in [0, 0.05) is 18.5 Å². The molecule has 0 spiro atoms. The summed E-state index contributed by atoms with van der Waals surface area (Å²) < 4.78 is 13.6. The number of amides is 1. The quantitative estimate of drug-likeness (QED) is 0.569. The van der Waals surface area contributed by atoms with Crippen LogP contribution in [-0.2, 0) is 11.3 Å². The lowest BCUT2D eigenvalue weighted by Gasteiger charge is -2.12. The van der Waals surface area contributed by atoms with E-state index >= 15 is 0 Å². The molecule has 1 aromatic carbocycles. The van der Waals surface area contributed by atoms with Crippen LogP contribution in [0.15, 0.2) is 29.1 Å². The summed E-state index contributed by atoms with van der Waals surface area (Å²) in [5.41, 5.74) is 6.29. The van der Waals surface area contributed by atoms with Gasteiger partial charge in [0.25, 0.3) is 11.5 Å². The summed E-state index contributed by atoms with van der Waals surface area (Å²) in [7, 11) is 0. The van der Waals surface area contributed by atoms with Crippen molar-refractivity contribution in [2.75, 3.05) is 19.8 Å². The first-order valence-corrected chi connectivity index (χ1v) is 10.00. The van der Waals surface area contributed by atoms with Crippen LogP contribution in [-0.4, -0.2) is 30.3 Å². The molecule has 27 heavy (non-hydrogen) atoms. The first kappa shape index (κ1) is 19.4. The average Bonchev–Trinajstić information content (AvgIpc) is 3.05. The lowest BCUT2D eigenvalue weighted by Crippen LogP contribution is -2.21.